The fourth-order valence-corrected chi connectivity index (χ4v) is 3.70. The molecule has 0 radical (unpaired) electrons. The smallest absolute Gasteiger partial charge is 0.234 e. The van der Waals surface area contributed by atoms with Gasteiger partial charge in [0.1, 0.15) is 4.32 Å². The Balaban J connectivity index is 1.78. The molecule has 1 aromatic carbocycles. The molecule has 1 aromatic rings. The number of thioether (sulfide) groups is 1. The number of hydrogen-bond donors (Lipinski definition) is 1. The summed E-state index contributed by atoms with van der Waals surface area (Å²) < 4.78 is 0.850. The largest absolute Gasteiger partial charge is 0.357 e. The van der Waals surface area contributed by atoms with Crippen LogP contribution in [0, 0.1) is 19.8 Å². The first-order valence-electron chi connectivity index (χ1n) is 7.74. The number of anilines is 1. The Kier molecular flexibility index (Phi) is 6.26. The van der Waals surface area contributed by atoms with Crippen molar-refractivity contribution >= 4 is 39.9 Å². The lowest BCUT2D eigenvalue weighted by molar-refractivity contribution is -0.113. The highest BCUT2D eigenvalue weighted by atomic mass is 32.2. The van der Waals surface area contributed by atoms with E-state index in [2.05, 4.69) is 23.2 Å². The number of hydrogen-bond acceptors (Lipinski definition) is 3. The summed E-state index contributed by atoms with van der Waals surface area (Å²) in [6.45, 7) is 8.38. The number of piperidine rings is 1. The molecular weight excluding hydrogens is 312 g/mol. The van der Waals surface area contributed by atoms with Gasteiger partial charge in [-0.25, -0.2) is 0 Å². The zero-order valence-corrected chi connectivity index (χ0v) is 15.1. The van der Waals surface area contributed by atoms with Crippen LogP contribution in [0.25, 0.3) is 0 Å². The SMILES string of the molecule is Cc1cc(C)cc(NC(=O)CSC(=S)N2CCC(C)CC2)c1. The van der Waals surface area contributed by atoms with Crippen LogP contribution in [0.15, 0.2) is 18.2 Å². The van der Waals surface area contributed by atoms with Crippen LogP contribution in [0.3, 0.4) is 0 Å². The molecule has 2 rings (SSSR count). The van der Waals surface area contributed by atoms with Crippen molar-refractivity contribution in [3.8, 4) is 0 Å². The van der Waals surface area contributed by atoms with E-state index in [0.29, 0.717) is 5.75 Å². The first-order valence-corrected chi connectivity index (χ1v) is 9.13. The maximum Gasteiger partial charge on any atom is 0.234 e. The summed E-state index contributed by atoms with van der Waals surface area (Å²) in [7, 11) is 0. The Hall–Kier alpha value is -1.07. The third kappa shape index (κ3) is 5.29. The molecule has 0 spiro atoms. The van der Waals surface area contributed by atoms with Crippen LogP contribution in [-0.2, 0) is 4.79 Å². The van der Waals surface area contributed by atoms with Crippen LogP contribution in [-0.4, -0.2) is 34.0 Å². The Morgan fingerprint density at radius 2 is 1.86 bits per heavy atom. The maximum atomic E-state index is 12.1. The quantitative estimate of drug-likeness (QED) is 0.846. The van der Waals surface area contributed by atoms with Gasteiger partial charge in [-0.2, -0.15) is 0 Å². The van der Waals surface area contributed by atoms with Crippen molar-refractivity contribution in [2.75, 3.05) is 24.2 Å². The molecule has 1 fully saturated rings. The number of nitrogens with zero attached hydrogens (tertiary/aromatic N) is 1. The second-order valence-electron chi connectivity index (χ2n) is 6.15. The maximum absolute atomic E-state index is 12.1. The molecule has 0 unspecified atom stereocenters. The second kappa shape index (κ2) is 7.97. The van der Waals surface area contributed by atoms with Crippen molar-refractivity contribution in [2.24, 2.45) is 5.92 Å². The van der Waals surface area contributed by atoms with Gasteiger partial charge in [0.2, 0.25) is 5.91 Å². The average molecular weight is 337 g/mol. The summed E-state index contributed by atoms with van der Waals surface area (Å²) in [5, 5.41) is 2.95. The number of aryl methyl sites for hydroxylation is 2. The molecule has 1 N–H and O–H groups in total. The highest BCUT2D eigenvalue weighted by Crippen LogP contribution is 2.20. The van der Waals surface area contributed by atoms with E-state index in [1.54, 1.807) is 0 Å². The van der Waals surface area contributed by atoms with Crippen molar-refractivity contribution in [1.29, 1.82) is 0 Å². The summed E-state index contributed by atoms with van der Waals surface area (Å²) in [6.07, 6.45) is 2.38. The van der Waals surface area contributed by atoms with E-state index in [4.69, 9.17) is 12.2 Å². The van der Waals surface area contributed by atoms with Crippen LogP contribution < -0.4 is 5.32 Å². The van der Waals surface area contributed by atoms with E-state index < -0.39 is 0 Å². The van der Waals surface area contributed by atoms with Gasteiger partial charge in [0.25, 0.3) is 0 Å². The van der Waals surface area contributed by atoms with Gasteiger partial charge in [0, 0.05) is 18.8 Å². The van der Waals surface area contributed by atoms with Gasteiger partial charge in [0.05, 0.1) is 5.75 Å². The van der Waals surface area contributed by atoms with E-state index in [1.165, 1.54) is 24.6 Å². The van der Waals surface area contributed by atoms with Crippen LogP contribution in [0.5, 0.6) is 0 Å². The van der Waals surface area contributed by atoms with Crippen molar-refractivity contribution in [3.63, 3.8) is 0 Å². The number of rotatable bonds is 3. The Morgan fingerprint density at radius 1 is 1.27 bits per heavy atom. The number of nitrogens with one attached hydrogen (secondary N) is 1. The molecule has 0 aromatic heterocycles. The zero-order valence-electron chi connectivity index (χ0n) is 13.5. The molecular formula is C17H24N2OS2. The second-order valence-corrected chi connectivity index (χ2v) is 7.76. The molecule has 22 heavy (non-hydrogen) atoms. The van der Waals surface area contributed by atoms with Gasteiger partial charge < -0.3 is 10.2 Å². The normalized spacial score (nSPS) is 15.7. The number of carbonyl (C=O) groups is 1. The van der Waals surface area contributed by atoms with Gasteiger partial charge in [-0.1, -0.05) is 37.0 Å². The van der Waals surface area contributed by atoms with Gasteiger partial charge in [-0.05, 0) is 55.9 Å². The number of amides is 1. The molecule has 0 atom stereocenters. The molecule has 5 heteroatoms. The van der Waals surface area contributed by atoms with Gasteiger partial charge in [-0.3, -0.25) is 4.79 Å². The van der Waals surface area contributed by atoms with Crippen LogP contribution in [0.4, 0.5) is 5.69 Å². The number of thiocarbonyl (C=S) groups is 1. The summed E-state index contributed by atoms with van der Waals surface area (Å²) in [5.74, 6) is 1.16. The standard InChI is InChI=1S/C17H24N2OS2/c1-12-4-6-19(7-5-12)17(21)22-11-16(20)18-15-9-13(2)8-14(3)10-15/h8-10,12H,4-7,11H2,1-3H3,(H,18,20). The van der Waals surface area contributed by atoms with E-state index >= 15 is 0 Å². The topological polar surface area (TPSA) is 32.3 Å². The van der Waals surface area contributed by atoms with E-state index in [9.17, 15) is 4.79 Å². The van der Waals surface area contributed by atoms with Crippen molar-refractivity contribution in [1.82, 2.24) is 4.90 Å². The zero-order chi connectivity index (χ0) is 16.1. The molecule has 0 bridgehead atoms. The molecule has 1 aliphatic heterocycles. The fraction of sp³-hybridized carbons (Fsp3) is 0.529. The van der Waals surface area contributed by atoms with Crippen LogP contribution in [0.2, 0.25) is 0 Å². The molecule has 3 nitrogen and oxygen atoms in total. The first kappa shape index (κ1) is 17.3. The monoisotopic (exact) mass is 336 g/mol. The Labute approximate surface area is 142 Å². The van der Waals surface area contributed by atoms with E-state index in [0.717, 1.165) is 40.1 Å². The molecule has 1 saturated heterocycles. The minimum Gasteiger partial charge on any atom is -0.357 e. The predicted molar refractivity (Wildman–Crippen MR) is 99.6 cm³/mol. The Bertz CT molecular complexity index is 531. The number of likely N-dealkylation sites (tertiary alicyclic amines) is 1. The van der Waals surface area contributed by atoms with E-state index in [-0.39, 0.29) is 5.91 Å². The van der Waals surface area contributed by atoms with Gasteiger partial charge in [-0.15, -0.1) is 0 Å². The minimum atomic E-state index is 0.00253. The number of carbonyl (C=O) groups excluding carboxylic acids is 1. The predicted octanol–water partition coefficient (Wildman–Crippen LogP) is 3.99. The molecule has 1 aliphatic rings. The molecule has 0 saturated carbocycles. The lowest BCUT2D eigenvalue weighted by atomic mass is 10.00. The fourth-order valence-electron chi connectivity index (χ4n) is 2.65. The number of benzene rings is 1. The highest BCUT2D eigenvalue weighted by molar-refractivity contribution is 8.23. The molecule has 1 heterocycles. The Morgan fingerprint density at radius 3 is 2.45 bits per heavy atom. The summed E-state index contributed by atoms with van der Waals surface area (Å²) in [4.78, 5) is 14.3. The highest BCUT2D eigenvalue weighted by Gasteiger charge is 2.18. The van der Waals surface area contributed by atoms with Crippen molar-refractivity contribution < 1.29 is 4.79 Å². The lowest BCUT2D eigenvalue weighted by Gasteiger charge is -2.31. The van der Waals surface area contributed by atoms with Crippen molar-refractivity contribution in [2.45, 2.75) is 33.6 Å². The average Bonchev–Trinajstić information content (AvgIpc) is 2.44. The minimum absolute atomic E-state index is 0.00253. The summed E-state index contributed by atoms with van der Waals surface area (Å²) >= 11 is 6.91. The summed E-state index contributed by atoms with van der Waals surface area (Å²) in [6, 6.07) is 6.07. The van der Waals surface area contributed by atoms with Crippen molar-refractivity contribution in [3.05, 3.63) is 29.3 Å². The molecule has 0 aliphatic carbocycles. The van der Waals surface area contributed by atoms with Crippen LogP contribution >= 0.6 is 24.0 Å². The lowest BCUT2D eigenvalue weighted by Crippen LogP contribution is -2.36. The third-order valence-corrected chi connectivity index (χ3v) is 5.40. The van der Waals surface area contributed by atoms with Crippen LogP contribution in [0.1, 0.15) is 30.9 Å². The molecule has 120 valence electrons. The third-order valence-electron chi connectivity index (χ3n) is 3.87. The summed E-state index contributed by atoms with van der Waals surface area (Å²) in [5.41, 5.74) is 3.17. The van der Waals surface area contributed by atoms with E-state index in [1.807, 2.05) is 26.0 Å². The van der Waals surface area contributed by atoms with Gasteiger partial charge in [0.15, 0.2) is 0 Å². The first-order chi connectivity index (χ1) is 10.4. The molecule has 1 amide bonds. The van der Waals surface area contributed by atoms with Gasteiger partial charge >= 0.3 is 0 Å².